The molecule has 1 heterocycles. The number of nitrogens with zero attached hydrogens (tertiary/aromatic N) is 2. The average molecular weight is 682 g/mol. The van der Waals surface area contributed by atoms with Crippen molar-refractivity contribution in [3.63, 3.8) is 0 Å². The molecule has 2 N–H and O–H groups in total. The van der Waals surface area contributed by atoms with Gasteiger partial charge in [-0.3, -0.25) is 9.59 Å². The first kappa shape index (κ1) is 31.7. The van der Waals surface area contributed by atoms with Gasteiger partial charge < -0.3 is 19.9 Å². The number of carbonyl (C=O) groups is 2. The number of alkyl halides is 2. The predicted octanol–water partition coefficient (Wildman–Crippen LogP) is 7.79. The molecular formula is C30H29BrCl2F2N4O3. The summed E-state index contributed by atoms with van der Waals surface area (Å²) < 4.78 is 34.1. The van der Waals surface area contributed by atoms with Crippen molar-refractivity contribution < 1.29 is 23.1 Å². The van der Waals surface area contributed by atoms with E-state index in [1.165, 1.54) is 12.1 Å². The molecule has 1 aromatic heterocycles. The molecule has 0 aliphatic heterocycles. The molecule has 0 aliphatic rings. The first-order valence-electron chi connectivity index (χ1n) is 13.0. The Bertz CT molecular complexity index is 1640. The van der Waals surface area contributed by atoms with Crippen LogP contribution in [0.5, 0.6) is 5.75 Å². The summed E-state index contributed by atoms with van der Waals surface area (Å²) in [6, 6.07) is 13.4. The number of rotatable bonds is 9. The third-order valence-corrected chi connectivity index (χ3v) is 7.86. The number of amides is 2. The molecule has 4 rings (SSSR count). The average Bonchev–Trinajstić information content (AvgIpc) is 3.23. The second-order valence-corrected chi connectivity index (χ2v) is 12.4. The minimum absolute atomic E-state index is 0.000358. The third kappa shape index (κ3) is 7.40. The largest absolute Gasteiger partial charge is 0.487 e. The van der Waals surface area contributed by atoms with Gasteiger partial charge in [-0.2, -0.15) is 0 Å². The highest BCUT2D eigenvalue weighted by Gasteiger charge is 2.23. The van der Waals surface area contributed by atoms with Gasteiger partial charge in [0.15, 0.2) is 0 Å². The molecule has 0 spiro atoms. The molecule has 3 aromatic carbocycles. The Morgan fingerprint density at radius 3 is 2.43 bits per heavy atom. The van der Waals surface area contributed by atoms with Crippen molar-refractivity contribution in [2.45, 2.75) is 40.2 Å². The van der Waals surface area contributed by atoms with Crippen molar-refractivity contribution in [2.24, 2.45) is 12.5 Å². The predicted molar refractivity (Wildman–Crippen MR) is 165 cm³/mol. The van der Waals surface area contributed by atoms with E-state index < -0.39 is 24.4 Å². The van der Waals surface area contributed by atoms with Crippen LogP contribution in [0.15, 0.2) is 53.0 Å². The summed E-state index contributed by atoms with van der Waals surface area (Å²) in [5.74, 6) is -0.0865. The monoisotopic (exact) mass is 680 g/mol. The summed E-state index contributed by atoms with van der Waals surface area (Å²) in [5.41, 5.74) is 2.36. The number of nitrogens with one attached hydrogen (secondary N) is 2. The molecule has 42 heavy (non-hydrogen) atoms. The maximum Gasteiger partial charge on any atom is 0.272 e. The lowest BCUT2D eigenvalue weighted by atomic mass is 9.95. The van der Waals surface area contributed by atoms with E-state index in [2.05, 4.69) is 26.6 Å². The van der Waals surface area contributed by atoms with Crippen LogP contribution in [-0.2, 0) is 24.8 Å². The summed E-state index contributed by atoms with van der Waals surface area (Å²) in [6.45, 7) is 4.82. The summed E-state index contributed by atoms with van der Waals surface area (Å²) in [6.07, 6.45) is -2.49. The number of aromatic nitrogens is 2. The smallest absolute Gasteiger partial charge is 0.272 e. The van der Waals surface area contributed by atoms with Crippen molar-refractivity contribution in [1.29, 1.82) is 0 Å². The fraction of sp³-hybridized carbons (Fsp3) is 0.300. The number of aryl methyl sites for hydroxylation is 1. The number of benzene rings is 3. The zero-order valence-corrected chi connectivity index (χ0v) is 26.4. The van der Waals surface area contributed by atoms with Crippen LogP contribution in [0.1, 0.15) is 48.1 Å². The summed E-state index contributed by atoms with van der Waals surface area (Å²) in [4.78, 5) is 30.3. The molecule has 222 valence electrons. The second kappa shape index (κ2) is 13.0. The maximum absolute atomic E-state index is 13.2. The molecule has 0 aliphatic carbocycles. The molecule has 0 fully saturated rings. The van der Waals surface area contributed by atoms with E-state index in [4.69, 9.17) is 32.9 Å². The van der Waals surface area contributed by atoms with Crippen molar-refractivity contribution in [3.8, 4) is 5.75 Å². The van der Waals surface area contributed by atoms with Crippen LogP contribution in [0, 0.1) is 5.41 Å². The van der Waals surface area contributed by atoms with Crippen molar-refractivity contribution in [3.05, 3.63) is 85.6 Å². The van der Waals surface area contributed by atoms with E-state index in [1.54, 1.807) is 48.0 Å². The number of carbonyl (C=O) groups excluding carboxylic acids is 2. The quantitative estimate of drug-likeness (QED) is 0.189. The summed E-state index contributed by atoms with van der Waals surface area (Å²) >= 11 is 16.6. The van der Waals surface area contributed by atoms with Crippen molar-refractivity contribution >= 4 is 67.7 Å². The summed E-state index contributed by atoms with van der Waals surface area (Å²) in [5, 5.41) is 6.48. The highest BCUT2D eigenvalue weighted by Crippen LogP contribution is 2.33. The molecule has 0 radical (unpaired) electrons. The number of fused-ring (bicyclic) bond motifs is 1. The Labute approximate surface area is 260 Å². The topological polar surface area (TPSA) is 85.2 Å². The molecule has 0 saturated carbocycles. The van der Waals surface area contributed by atoms with Crippen molar-refractivity contribution in [2.75, 3.05) is 11.9 Å². The number of hydrogen-bond acceptors (Lipinski definition) is 4. The van der Waals surface area contributed by atoms with Gasteiger partial charge in [-0.1, -0.05) is 66.0 Å². The van der Waals surface area contributed by atoms with E-state index in [0.29, 0.717) is 43.7 Å². The lowest BCUT2D eigenvalue weighted by molar-refractivity contribution is -0.128. The van der Waals surface area contributed by atoms with E-state index in [9.17, 15) is 18.4 Å². The van der Waals surface area contributed by atoms with Gasteiger partial charge in [0, 0.05) is 46.7 Å². The van der Waals surface area contributed by atoms with Gasteiger partial charge in [0.1, 0.15) is 18.2 Å². The van der Waals surface area contributed by atoms with E-state index in [0.717, 1.165) is 4.47 Å². The zero-order chi connectivity index (χ0) is 30.8. The SMILES string of the molecule is Cn1c(Cc2c(Cl)ccc(CNC(=O)C(C)(C)C)c2Cl)nc2cc(C(=O)Nc3ccc(Br)cc3)c(OCC(F)F)cc21. The van der Waals surface area contributed by atoms with E-state index >= 15 is 0 Å². The Morgan fingerprint density at radius 1 is 1.10 bits per heavy atom. The number of imidazole rings is 1. The molecule has 4 aromatic rings. The highest BCUT2D eigenvalue weighted by molar-refractivity contribution is 9.10. The Morgan fingerprint density at radius 2 is 1.79 bits per heavy atom. The lowest BCUT2D eigenvalue weighted by Gasteiger charge is -2.18. The second-order valence-electron chi connectivity index (χ2n) is 10.7. The van der Waals surface area contributed by atoms with Gasteiger partial charge >= 0.3 is 0 Å². The van der Waals surface area contributed by atoms with Crippen LogP contribution in [0.2, 0.25) is 10.0 Å². The normalized spacial score (nSPS) is 11.7. The van der Waals surface area contributed by atoms with Gasteiger partial charge in [-0.05, 0) is 47.5 Å². The number of hydrogen-bond donors (Lipinski definition) is 2. The van der Waals surface area contributed by atoms with Crippen LogP contribution in [0.4, 0.5) is 14.5 Å². The van der Waals surface area contributed by atoms with Gasteiger partial charge in [-0.15, -0.1) is 0 Å². The molecule has 0 atom stereocenters. The summed E-state index contributed by atoms with van der Waals surface area (Å²) in [7, 11) is 1.76. The molecule has 2 amide bonds. The highest BCUT2D eigenvalue weighted by atomic mass is 79.9. The van der Waals surface area contributed by atoms with Crippen LogP contribution in [0.3, 0.4) is 0 Å². The Hall–Kier alpha value is -3.21. The number of anilines is 1. The molecule has 12 heteroatoms. The van der Waals surface area contributed by atoms with Crippen LogP contribution in [0.25, 0.3) is 11.0 Å². The van der Waals surface area contributed by atoms with Gasteiger partial charge in [-0.25, -0.2) is 13.8 Å². The minimum Gasteiger partial charge on any atom is -0.487 e. The first-order chi connectivity index (χ1) is 19.7. The van der Waals surface area contributed by atoms with Crippen LogP contribution in [-0.4, -0.2) is 34.4 Å². The van der Waals surface area contributed by atoms with Crippen LogP contribution >= 0.6 is 39.1 Å². The van der Waals surface area contributed by atoms with Gasteiger partial charge in [0.05, 0.1) is 21.6 Å². The maximum atomic E-state index is 13.2. The van der Waals surface area contributed by atoms with Crippen molar-refractivity contribution in [1.82, 2.24) is 14.9 Å². The Balaban J connectivity index is 1.68. The van der Waals surface area contributed by atoms with Gasteiger partial charge in [0.2, 0.25) is 5.91 Å². The molecule has 0 unspecified atom stereocenters. The molecular weight excluding hydrogens is 653 g/mol. The van der Waals surface area contributed by atoms with Crippen LogP contribution < -0.4 is 15.4 Å². The molecule has 7 nitrogen and oxygen atoms in total. The van der Waals surface area contributed by atoms with Gasteiger partial charge in [0.25, 0.3) is 12.3 Å². The fourth-order valence-electron chi connectivity index (χ4n) is 4.15. The lowest BCUT2D eigenvalue weighted by Crippen LogP contribution is -2.34. The number of ether oxygens (including phenoxy) is 1. The minimum atomic E-state index is -2.73. The molecule has 0 bridgehead atoms. The standard InChI is InChI=1S/C30H29BrCl2F2N4O3/c1-30(2,3)29(41)36-14-16-5-10-21(32)19(27(16)33)12-26-38-22-11-20(28(40)37-18-8-6-17(31)7-9-18)24(42-15-25(34)35)13-23(22)39(26)4/h5-11,13,25H,12,14-15H2,1-4H3,(H,36,41)(H,37,40). The third-order valence-electron chi connectivity index (χ3n) is 6.51. The van der Waals surface area contributed by atoms with E-state index in [1.807, 2.05) is 20.8 Å². The molecule has 0 saturated heterocycles. The Kier molecular flexibility index (Phi) is 9.80. The fourth-order valence-corrected chi connectivity index (χ4v) is 4.99. The zero-order valence-electron chi connectivity index (χ0n) is 23.3. The number of halogens is 5. The van der Waals surface area contributed by atoms with E-state index in [-0.39, 0.29) is 30.2 Å². The first-order valence-corrected chi connectivity index (χ1v) is 14.5.